The van der Waals surface area contributed by atoms with E-state index in [1.54, 1.807) is 42.6 Å². The highest BCUT2D eigenvalue weighted by Gasteiger charge is 2.09. The van der Waals surface area contributed by atoms with Crippen LogP contribution in [-0.2, 0) is 0 Å². The van der Waals surface area contributed by atoms with Gasteiger partial charge in [0.05, 0.1) is 24.0 Å². The molecule has 2 rings (SSSR count). The van der Waals surface area contributed by atoms with Crippen LogP contribution >= 0.6 is 11.6 Å². The molecule has 0 fully saturated rings. The number of anilines is 2. The second-order valence-corrected chi connectivity index (χ2v) is 4.81. The minimum Gasteiger partial charge on any atom is -0.495 e. The van der Waals surface area contributed by atoms with Crippen molar-refractivity contribution in [3.05, 3.63) is 59.9 Å². The normalized spacial score (nSPS) is 9.91. The molecule has 1 aromatic heterocycles. The summed E-state index contributed by atoms with van der Waals surface area (Å²) in [5.41, 5.74) is 1.71. The van der Waals surface area contributed by atoms with Crippen LogP contribution in [0.1, 0.15) is 10.5 Å². The van der Waals surface area contributed by atoms with E-state index in [1.807, 2.05) is 0 Å². The number of ether oxygens (including phenoxy) is 1. The van der Waals surface area contributed by atoms with Crippen molar-refractivity contribution in [1.29, 1.82) is 0 Å². The summed E-state index contributed by atoms with van der Waals surface area (Å²) >= 11 is 6.02. The molecule has 5 nitrogen and oxygen atoms in total. The van der Waals surface area contributed by atoms with E-state index in [1.165, 1.54) is 7.11 Å². The molecule has 0 atom stereocenters. The molecule has 0 aliphatic rings. The third-order valence-electron chi connectivity index (χ3n) is 2.86. The summed E-state index contributed by atoms with van der Waals surface area (Å²) in [5.74, 6) is 0.243. The molecule has 2 aromatic rings. The number of rotatable bonds is 6. The van der Waals surface area contributed by atoms with Crippen molar-refractivity contribution in [2.24, 2.45) is 0 Å². The zero-order valence-corrected chi connectivity index (χ0v) is 12.9. The van der Waals surface area contributed by atoms with Gasteiger partial charge in [0.2, 0.25) is 0 Å². The summed E-state index contributed by atoms with van der Waals surface area (Å²) in [7, 11) is 1.53. The van der Waals surface area contributed by atoms with E-state index in [-0.39, 0.29) is 5.91 Å². The third kappa shape index (κ3) is 3.99. The van der Waals surface area contributed by atoms with Crippen LogP contribution in [0.15, 0.2) is 49.2 Å². The Morgan fingerprint density at radius 2 is 2.14 bits per heavy atom. The Balaban J connectivity index is 2.05. The summed E-state index contributed by atoms with van der Waals surface area (Å²) in [6.07, 6.45) is 3.34. The average molecular weight is 318 g/mol. The Morgan fingerprint density at radius 1 is 1.36 bits per heavy atom. The fourth-order valence-electron chi connectivity index (χ4n) is 1.76. The molecule has 0 spiro atoms. The molecule has 114 valence electrons. The van der Waals surface area contributed by atoms with Crippen molar-refractivity contribution < 1.29 is 9.53 Å². The van der Waals surface area contributed by atoms with Gasteiger partial charge < -0.3 is 15.4 Å². The summed E-state index contributed by atoms with van der Waals surface area (Å²) in [5, 5.41) is 6.25. The van der Waals surface area contributed by atoms with Gasteiger partial charge in [-0.3, -0.25) is 4.79 Å². The molecule has 0 bridgehead atoms. The number of halogens is 1. The van der Waals surface area contributed by atoms with Crippen LogP contribution in [0, 0.1) is 0 Å². The van der Waals surface area contributed by atoms with E-state index < -0.39 is 0 Å². The number of methoxy groups -OCH3 is 1. The molecule has 0 saturated carbocycles. The van der Waals surface area contributed by atoms with Gasteiger partial charge in [0.15, 0.2) is 0 Å². The number of amides is 1. The van der Waals surface area contributed by atoms with Crippen LogP contribution in [0.25, 0.3) is 0 Å². The lowest BCUT2D eigenvalue weighted by Gasteiger charge is -2.08. The van der Waals surface area contributed by atoms with Gasteiger partial charge >= 0.3 is 0 Å². The predicted octanol–water partition coefficient (Wildman–Crippen LogP) is 3.59. The summed E-state index contributed by atoms with van der Waals surface area (Å²) in [4.78, 5) is 16.2. The molecule has 22 heavy (non-hydrogen) atoms. The van der Waals surface area contributed by atoms with Crippen molar-refractivity contribution >= 4 is 28.9 Å². The van der Waals surface area contributed by atoms with Gasteiger partial charge in [-0.2, -0.15) is 0 Å². The van der Waals surface area contributed by atoms with Crippen molar-refractivity contribution in [2.45, 2.75) is 0 Å². The smallest absolute Gasteiger partial charge is 0.274 e. The van der Waals surface area contributed by atoms with Gasteiger partial charge in [-0.25, -0.2) is 4.98 Å². The zero-order valence-electron chi connectivity index (χ0n) is 12.1. The molecule has 0 radical (unpaired) electrons. The van der Waals surface area contributed by atoms with E-state index in [0.29, 0.717) is 28.7 Å². The summed E-state index contributed by atoms with van der Waals surface area (Å²) in [6.45, 7) is 4.26. The Labute approximate surface area is 134 Å². The van der Waals surface area contributed by atoms with Crippen LogP contribution in [0.3, 0.4) is 0 Å². The van der Waals surface area contributed by atoms with Gasteiger partial charge in [0.25, 0.3) is 5.91 Å². The van der Waals surface area contributed by atoms with Crippen LogP contribution in [0.5, 0.6) is 5.75 Å². The highest BCUT2D eigenvalue weighted by molar-refractivity contribution is 6.32. The average Bonchev–Trinajstić information content (AvgIpc) is 2.53. The zero-order chi connectivity index (χ0) is 15.9. The van der Waals surface area contributed by atoms with E-state index in [0.717, 1.165) is 5.69 Å². The maximum atomic E-state index is 12.1. The first kappa shape index (κ1) is 15.9. The lowest BCUT2D eigenvalue weighted by Crippen LogP contribution is -2.13. The highest BCUT2D eigenvalue weighted by Crippen LogP contribution is 2.27. The van der Waals surface area contributed by atoms with E-state index in [9.17, 15) is 4.79 Å². The monoisotopic (exact) mass is 317 g/mol. The van der Waals surface area contributed by atoms with Gasteiger partial charge in [0, 0.05) is 12.2 Å². The van der Waals surface area contributed by atoms with Crippen molar-refractivity contribution in [3.63, 3.8) is 0 Å². The van der Waals surface area contributed by atoms with Crippen LogP contribution in [0.2, 0.25) is 5.02 Å². The predicted molar refractivity (Wildman–Crippen MR) is 88.9 cm³/mol. The first-order valence-corrected chi connectivity index (χ1v) is 6.97. The molecule has 0 aliphatic heterocycles. The number of nitrogens with one attached hydrogen (secondary N) is 2. The highest BCUT2D eigenvalue weighted by atomic mass is 35.5. The molecule has 1 heterocycles. The van der Waals surface area contributed by atoms with Crippen LogP contribution < -0.4 is 15.4 Å². The second kappa shape index (κ2) is 7.47. The molecule has 1 aromatic carbocycles. The Morgan fingerprint density at radius 3 is 2.73 bits per heavy atom. The molecule has 0 unspecified atom stereocenters. The fourth-order valence-corrected chi connectivity index (χ4v) is 2.02. The number of pyridine rings is 1. The first-order chi connectivity index (χ1) is 10.6. The minimum absolute atomic E-state index is 0.309. The Bertz CT molecular complexity index is 672. The molecule has 6 heteroatoms. The number of aromatic nitrogens is 1. The van der Waals surface area contributed by atoms with Crippen molar-refractivity contribution in [1.82, 2.24) is 4.98 Å². The third-order valence-corrected chi connectivity index (χ3v) is 3.15. The maximum absolute atomic E-state index is 12.1. The molecule has 1 amide bonds. The van der Waals surface area contributed by atoms with Crippen LogP contribution in [-0.4, -0.2) is 24.5 Å². The quantitative estimate of drug-likeness (QED) is 0.799. The van der Waals surface area contributed by atoms with E-state index in [4.69, 9.17) is 16.3 Å². The lowest BCUT2D eigenvalue weighted by atomic mass is 10.2. The fraction of sp³-hybridized carbons (Fsp3) is 0.125. The number of hydrogen-bond acceptors (Lipinski definition) is 4. The molecule has 0 aliphatic carbocycles. The molecular weight excluding hydrogens is 302 g/mol. The SMILES string of the molecule is C=CCNc1ccc(C(=O)Nc2ccc(OC)c(Cl)c2)nc1. The topological polar surface area (TPSA) is 63.2 Å². The largest absolute Gasteiger partial charge is 0.495 e. The van der Waals surface area contributed by atoms with Gasteiger partial charge in [-0.15, -0.1) is 6.58 Å². The first-order valence-electron chi connectivity index (χ1n) is 6.59. The maximum Gasteiger partial charge on any atom is 0.274 e. The second-order valence-electron chi connectivity index (χ2n) is 4.41. The van der Waals surface area contributed by atoms with Crippen LogP contribution in [0.4, 0.5) is 11.4 Å². The number of carbonyl (C=O) groups is 1. The molecule has 2 N–H and O–H groups in total. The summed E-state index contributed by atoms with van der Waals surface area (Å²) in [6, 6.07) is 8.45. The van der Waals surface area contributed by atoms with Crippen molar-refractivity contribution in [3.8, 4) is 5.75 Å². The van der Waals surface area contributed by atoms with Crippen molar-refractivity contribution in [2.75, 3.05) is 24.3 Å². The number of carbonyl (C=O) groups excluding carboxylic acids is 1. The van der Waals surface area contributed by atoms with Gasteiger partial charge in [-0.05, 0) is 30.3 Å². The minimum atomic E-state index is -0.309. The Hall–Kier alpha value is -2.53. The summed E-state index contributed by atoms with van der Waals surface area (Å²) < 4.78 is 5.06. The van der Waals surface area contributed by atoms with E-state index >= 15 is 0 Å². The van der Waals surface area contributed by atoms with E-state index in [2.05, 4.69) is 22.2 Å². The number of benzene rings is 1. The van der Waals surface area contributed by atoms with Gasteiger partial charge in [0.1, 0.15) is 11.4 Å². The molecule has 0 saturated heterocycles. The standard InChI is InChI=1S/C16H16ClN3O2/c1-3-8-18-12-4-6-14(19-10-12)16(21)20-11-5-7-15(22-2)13(17)9-11/h3-7,9-10,18H,1,8H2,2H3,(H,20,21). The number of hydrogen-bond donors (Lipinski definition) is 2. The number of nitrogens with zero attached hydrogens (tertiary/aromatic N) is 1. The van der Waals surface area contributed by atoms with Gasteiger partial charge in [-0.1, -0.05) is 17.7 Å². The Kier molecular flexibility index (Phi) is 5.38. The molecular formula is C16H16ClN3O2. The lowest BCUT2D eigenvalue weighted by molar-refractivity contribution is 0.102.